The van der Waals surface area contributed by atoms with Gasteiger partial charge in [0.2, 0.25) is 0 Å². The summed E-state index contributed by atoms with van der Waals surface area (Å²) in [7, 11) is 0. The molecule has 0 radical (unpaired) electrons. The predicted molar refractivity (Wildman–Crippen MR) is 39.8 cm³/mol. The minimum absolute atomic E-state index is 0. The minimum Gasteiger partial charge on any atom is -0.548 e. The minimum atomic E-state index is -0.932. The zero-order valence-corrected chi connectivity index (χ0v) is 10.2. The van der Waals surface area contributed by atoms with Crippen LogP contribution in [0, 0.1) is 5.92 Å². The molecule has 12 heavy (non-hydrogen) atoms. The van der Waals surface area contributed by atoms with Crippen molar-refractivity contribution in [2.75, 3.05) is 6.54 Å². The van der Waals surface area contributed by atoms with Crippen molar-refractivity contribution in [2.45, 2.75) is 32.9 Å². The molecule has 1 unspecified atom stereocenters. The van der Waals surface area contributed by atoms with Crippen LogP contribution in [-0.4, -0.2) is 29.5 Å². The SMILES string of the molecule is CC(C)CN1[C@H](C(=O)[O-])[C@@H]1C.[Na+]. The van der Waals surface area contributed by atoms with E-state index in [4.69, 9.17) is 0 Å². The van der Waals surface area contributed by atoms with Crippen molar-refractivity contribution in [1.82, 2.24) is 4.90 Å². The van der Waals surface area contributed by atoms with Gasteiger partial charge in [-0.1, -0.05) is 13.8 Å². The summed E-state index contributed by atoms with van der Waals surface area (Å²) in [4.78, 5) is 12.4. The number of carbonyl (C=O) groups excluding carboxylic acids is 1. The van der Waals surface area contributed by atoms with Crippen LogP contribution in [0.15, 0.2) is 0 Å². The first-order valence-corrected chi connectivity index (χ1v) is 4.00. The molecule has 0 amide bonds. The molecule has 0 bridgehead atoms. The van der Waals surface area contributed by atoms with Gasteiger partial charge >= 0.3 is 29.6 Å². The maximum Gasteiger partial charge on any atom is 1.00 e. The van der Waals surface area contributed by atoms with Gasteiger partial charge in [0.05, 0.1) is 12.0 Å². The van der Waals surface area contributed by atoms with E-state index in [1.807, 2.05) is 11.8 Å². The van der Waals surface area contributed by atoms with Crippen molar-refractivity contribution >= 4 is 5.97 Å². The Kier molecular flexibility index (Phi) is 4.77. The molecule has 3 nitrogen and oxygen atoms in total. The predicted octanol–water partition coefficient (Wildman–Crippen LogP) is -3.53. The molecular weight excluding hydrogens is 165 g/mol. The number of aliphatic carboxylic acids is 1. The third kappa shape index (κ3) is 2.73. The average Bonchev–Trinajstić information content (AvgIpc) is 2.40. The van der Waals surface area contributed by atoms with Crippen molar-refractivity contribution in [3.63, 3.8) is 0 Å². The fourth-order valence-electron chi connectivity index (χ4n) is 1.44. The summed E-state index contributed by atoms with van der Waals surface area (Å²) in [5, 5.41) is 10.4. The zero-order valence-electron chi connectivity index (χ0n) is 8.20. The molecule has 1 fully saturated rings. The summed E-state index contributed by atoms with van der Waals surface area (Å²) in [5.74, 6) is -0.403. The van der Waals surface area contributed by atoms with Gasteiger partial charge < -0.3 is 9.90 Å². The van der Waals surface area contributed by atoms with Crippen LogP contribution in [0.25, 0.3) is 0 Å². The molecule has 1 aliphatic rings. The third-order valence-corrected chi connectivity index (χ3v) is 2.07. The van der Waals surface area contributed by atoms with Crippen molar-refractivity contribution in [3.8, 4) is 0 Å². The Labute approximate surface area is 95.4 Å². The van der Waals surface area contributed by atoms with Crippen molar-refractivity contribution < 1.29 is 39.5 Å². The Balaban J connectivity index is 0.00000121. The fraction of sp³-hybridized carbons (Fsp3) is 0.875. The number of carboxylic acids is 1. The maximum atomic E-state index is 10.4. The maximum absolute atomic E-state index is 10.4. The smallest absolute Gasteiger partial charge is 0.548 e. The van der Waals surface area contributed by atoms with E-state index < -0.39 is 5.97 Å². The number of hydrogen-bond donors (Lipinski definition) is 0. The number of nitrogens with zero attached hydrogens (tertiary/aromatic N) is 1. The van der Waals surface area contributed by atoms with Crippen LogP contribution >= 0.6 is 0 Å². The first-order valence-electron chi connectivity index (χ1n) is 4.00. The molecule has 4 heteroatoms. The van der Waals surface area contributed by atoms with E-state index in [2.05, 4.69) is 13.8 Å². The van der Waals surface area contributed by atoms with Gasteiger partial charge in [-0.05, 0) is 12.8 Å². The number of rotatable bonds is 3. The van der Waals surface area contributed by atoms with Crippen LogP contribution in [0.4, 0.5) is 0 Å². The molecule has 64 valence electrons. The summed E-state index contributed by atoms with van der Waals surface area (Å²) in [6.07, 6.45) is 0. The van der Waals surface area contributed by atoms with Crippen LogP contribution in [0.1, 0.15) is 20.8 Å². The average molecular weight is 179 g/mol. The van der Waals surface area contributed by atoms with Crippen molar-refractivity contribution in [1.29, 1.82) is 0 Å². The van der Waals surface area contributed by atoms with Gasteiger partial charge in [0.1, 0.15) is 0 Å². The van der Waals surface area contributed by atoms with Gasteiger partial charge in [0.25, 0.3) is 0 Å². The van der Waals surface area contributed by atoms with E-state index in [0.29, 0.717) is 5.92 Å². The molecule has 3 atom stereocenters. The molecule has 1 aliphatic heterocycles. The van der Waals surface area contributed by atoms with Gasteiger partial charge in [-0.2, -0.15) is 0 Å². The molecular formula is C8H14NNaO2. The Morgan fingerprint density at radius 3 is 2.33 bits per heavy atom. The standard InChI is InChI=1S/C8H15NO2.Na/c1-5(2)4-9-6(3)7(9)8(10)11;/h5-7H,4H2,1-3H3,(H,10,11);/q;+1/p-1/t6-,7-,9?;/m0./s1. The van der Waals surface area contributed by atoms with Crippen molar-refractivity contribution in [3.05, 3.63) is 0 Å². The quantitative estimate of drug-likeness (QED) is 0.333. The normalized spacial score (nSPS) is 32.8. The van der Waals surface area contributed by atoms with Crippen LogP contribution in [0.5, 0.6) is 0 Å². The molecule has 0 spiro atoms. The van der Waals surface area contributed by atoms with Gasteiger partial charge in [0.15, 0.2) is 0 Å². The van der Waals surface area contributed by atoms with Gasteiger partial charge in [-0.15, -0.1) is 0 Å². The molecule has 1 heterocycles. The summed E-state index contributed by atoms with van der Waals surface area (Å²) in [6, 6.07) is -0.139. The van der Waals surface area contributed by atoms with E-state index in [1.165, 1.54) is 0 Å². The van der Waals surface area contributed by atoms with Gasteiger partial charge in [-0.3, -0.25) is 4.90 Å². The summed E-state index contributed by atoms with van der Waals surface area (Å²) < 4.78 is 0. The molecule has 0 N–H and O–H groups in total. The topological polar surface area (TPSA) is 43.1 Å². The molecule has 0 aromatic heterocycles. The van der Waals surface area contributed by atoms with E-state index in [0.717, 1.165) is 6.54 Å². The molecule has 1 rings (SSSR count). The Bertz CT molecular complexity index is 172. The van der Waals surface area contributed by atoms with E-state index in [1.54, 1.807) is 0 Å². The fourth-order valence-corrected chi connectivity index (χ4v) is 1.44. The summed E-state index contributed by atoms with van der Waals surface area (Å²) in [5.41, 5.74) is 0. The Hall–Kier alpha value is 0.430. The number of carboxylic acid groups (broad SMARTS) is 1. The Morgan fingerprint density at radius 2 is 2.08 bits per heavy atom. The first kappa shape index (κ1) is 12.4. The molecule has 0 aliphatic carbocycles. The number of carbonyl (C=O) groups is 1. The monoisotopic (exact) mass is 179 g/mol. The third-order valence-electron chi connectivity index (χ3n) is 2.07. The first-order chi connectivity index (χ1) is 5.04. The van der Waals surface area contributed by atoms with Gasteiger partial charge in [0, 0.05) is 12.6 Å². The molecule has 1 saturated heterocycles. The van der Waals surface area contributed by atoms with Crippen molar-refractivity contribution in [2.24, 2.45) is 5.92 Å². The number of hydrogen-bond acceptors (Lipinski definition) is 3. The van der Waals surface area contributed by atoms with Gasteiger partial charge in [-0.25, -0.2) is 0 Å². The largest absolute Gasteiger partial charge is 1.00 e. The molecule has 0 aromatic rings. The van der Waals surface area contributed by atoms with E-state index in [-0.39, 0.29) is 41.6 Å². The van der Waals surface area contributed by atoms with E-state index in [9.17, 15) is 9.90 Å². The van der Waals surface area contributed by atoms with Crippen LogP contribution in [0.3, 0.4) is 0 Å². The second-order valence-electron chi connectivity index (χ2n) is 3.60. The Morgan fingerprint density at radius 1 is 1.58 bits per heavy atom. The summed E-state index contributed by atoms with van der Waals surface area (Å²) >= 11 is 0. The second kappa shape index (κ2) is 4.61. The molecule has 0 aromatic carbocycles. The second-order valence-corrected chi connectivity index (χ2v) is 3.60. The van der Waals surface area contributed by atoms with Crippen LogP contribution in [0.2, 0.25) is 0 Å². The zero-order chi connectivity index (χ0) is 8.59. The van der Waals surface area contributed by atoms with Crippen LogP contribution in [-0.2, 0) is 4.79 Å². The van der Waals surface area contributed by atoms with E-state index >= 15 is 0 Å². The molecule has 0 saturated carbocycles. The van der Waals surface area contributed by atoms with Crippen LogP contribution < -0.4 is 34.7 Å². The summed E-state index contributed by atoms with van der Waals surface area (Å²) in [6.45, 7) is 6.94.